The zero-order valence-electron chi connectivity index (χ0n) is 20.3. The van der Waals surface area contributed by atoms with E-state index in [9.17, 15) is 22.8 Å². The maximum Gasteiger partial charge on any atom is 0.426 e. The summed E-state index contributed by atoms with van der Waals surface area (Å²) in [6.07, 6.45) is -3.61. The SMILES string of the molecule is CCOC(=O)CCNCC(=O)N1CCc2cc(OCc3cc(-c4ccccc4)c(C(F)(F)F)s3)ccc21. The Bertz CT molecular complexity index is 1240. The first-order valence-corrected chi connectivity index (χ1v) is 12.8. The van der Waals surface area contributed by atoms with Gasteiger partial charge in [-0.25, -0.2) is 0 Å². The molecule has 0 saturated carbocycles. The Hall–Kier alpha value is -3.37. The number of esters is 1. The molecule has 3 aromatic rings. The van der Waals surface area contributed by atoms with E-state index in [4.69, 9.17) is 9.47 Å². The van der Waals surface area contributed by atoms with E-state index in [1.165, 1.54) is 6.07 Å². The van der Waals surface area contributed by atoms with Crippen LogP contribution in [0.4, 0.5) is 18.9 Å². The van der Waals surface area contributed by atoms with Gasteiger partial charge in [-0.1, -0.05) is 30.3 Å². The highest BCUT2D eigenvalue weighted by Crippen LogP contribution is 2.43. The Morgan fingerprint density at radius 3 is 2.62 bits per heavy atom. The zero-order chi connectivity index (χ0) is 26.4. The number of hydrogen-bond acceptors (Lipinski definition) is 6. The van der Waals surface area contributed by atoms with E-state index < -0.39 is 11.1 Å². The number of anilines is 1. The molecule has 1 aromatic heterocycles. The van der Waals surface area contributed by atoms with Gasteiger partial charge in [0, 0.05) is 29.2 Å². The lowest BCUT2D eigenvalue weighted by Gasteiger charge is -2.18. The number of ether oxygens (including phenoxy) is 2. The van der Waals surface area contributed by atoms with Gasteiger partial charge in [-0.3, -0.25) is 9.59 Å². The molecule has 1 amide bonds. The van der Waals surface area contributed by atoms with Crippen molar-refractivity contribution in [2.75, 3.05) is 31.1 Å². The Labute approximate surface area is 217 Å². The second kappa shape index (κ2) is 11.8. The number of rotatable bonds is 10. The number of hydrogen-bond donors (Lipinski definition) is 1. The zero-order valence-corrected chi connectivity index (χ0v) is 21.1. The third kappa shape index (κ3) is 6.69. The Balaban J connectivity index is 1.37. The van der Waals surface area contributed by atoms with Gasteiger partial charge in [0.2, 0.25) is 5.91 Å². The van der Waals surface area contributed by atoms with E-state index in [0.29, 0.717) is 53.6 Å². The summed E-state index contributed by atoms with van der Waals surface area (Å²) in [7, 11) is 0. The fourth-order valence-electron chi connectivity index (χ4n) is 4.15. The second-order valence-electron chi connectivity index (χ2n) is 8.43. The first kappa shape index (κ1) is 26.7. The molecule has 0 spiro atoms. The summed E-state index contributed by atoms with van der Waals surface area (Å²) in [4.78, 5) is 25.5. The van der Waals surface area contributed by atoms with Crippen LogP contribution in [0, 0.1) is 0 Å². The lowest BCUT2D eigenvalue weighted by atomic mass is 10.1. The molecule has 6 nitrogen and oxygen atoms in total. The highest BCUT2D eigenvalue weighted by atomic mass is 32.1. The molecule has 0 bridgehead atoms. The molecule has 1 N–H and O–H groups in total. The normalized spacial score (nSPS) is 12.9. The first-order chi connectivity index (χ1) is 17.8. The average Bonchev–Trinajstić information content (AvgIpc) is 3.50. The van der Waals surface area contributed by atoms with Crippen LogP contribution in [-0.4, -0.2) is 38.1 Å². The molecule has 10 heteroatoms. The summed E-state index contributed by atoms with van der Waals surface area (Å²) >= 11 is 0.685. The molecule has 0 atom stereocenters. The standard InChI is InChI=1S/C27H27F3N2O4S/c1-2-35-25(34)10-12-31-16-24(33)32-13-11-19-14-20(8-9-23(19)32)36-17-21-15-22(18-6-4-3-5-7-18)26(37-21)27(28,29)30/h3-9,14-15,31H,2,10-13,16-17H2,1H3. The van der Waals surface area contributed by atoms with Gasteiger partial charge in [-0.2, -0.15) is 13.2 Å². The van der Waals surface area contributed by atoms with Crippen molar-refractivity contribution >= 4 is 28.9 Å². The smallest absolute Gasteiger partial charge is 0.426 e. The topological polar surface area (TPSA) is 67.9 Å². The van der Waals surface area contributed by atoms with Crippen LogP contribution in [0.5, 0.6) is 5.75 Å². The highest BCUT2D eigenvalue weighted by Gasteiger charge is 2.36. The van der Waals surface area contributed by atoms with Crippen molar-refractivity contribution in [2.24, 2.45) is 0 Å². The van der Waals surface area contributed by atoms with Crippen LogP contribution in [0.15, 0.2) is 54.6 Å². The molecule has 196 valence electrons. The van der Waals surface area contributed by atoms with E-state index in [-0.39, 0.29) is 37.0 Å². The Morgan fingerprint density at radius 1 is 1.11 bits per heavy atom. The Kier molecular flexibility index (Phi) is 8.50. The molecule has 0 saturated heterocycles. The minimum Gasteiger partial charge on any atom is -0.488 e. The van der Waals surface area contributed by atoms with Crippen molar-refractivity contribution in [1.29, 1.82) is 0 Å². The minimum atomic E-state index is -4.45. The van der Waals surface area contributed by atoms with Crippen LogP contribution < -0.4 is 15.0 Å². The number of fused-ring (bicyclic) bond motifs is 1. The number of benzene rings is 2. The van der Waals surface area contributed by atoms with Gasteiger partial charge in [-0.15, -0.1) is 11.3 Å². The number of carbonyl (C=O) groups excluding carboxylic acids is 2. The van der Waals surface area contributed by atoms with Crippen molar-refractivity contribution in [1.82, 2.24) is 5.32 Å². The summed E-state index contributed by atoms with van der Waals surface area (Å²) in [6, 6.07) is 15.4. The van der Waals surface area contributed by atoms with Gasteiger partial charge in [0.25, 0.3) is 0 Å². The van der Waals surface area contributed by atoms with Crippen LogP contribution in [0.3, 0.4) is 0 Å². The molecule has 4 rings (SSSR count). The third-order valence-electron chi connectivity index (χ3n) is 5.84. The molecular formula is C27H27F3N2O4S. The molecule has 0 fully saturated rings. The highest BCUT2D eigenvalue weighted by molar-refractivity contribution is 7.12. The summed E-state index contributed by atoms with van der Waals surface area (Å²) in [6.45, 7) is 3.04. The molecule has 2 heterocycles. The van der Waals surface area contributed by atoms with E-state index in [1.54, 1.807) is 54.3 Å². The predicted molar refractivity (Wildman–Crippen MR) is 136 cm³/mol. The van der Waals surface area contributed by atoms with Crippen LogP contribution in [-0.2, 0) is 33.5 Å². The van der Waals surface area contributed by atoms with Crippen LogP contribution >= 0.6 is 11.3 Å². The van der Waals surface area contributed by atoms with Crippen molar-refractivity contribution < 1.29 is 32.2 Å². The molecule has 1 aliphatic heterocycles. The van der Waals surface area contributed by atoms with Crippen molar-refractivity contribution in [3.63, 3.8) is 0 Å². The molecule has 0 radical (unpaired) electrons. The maximum absolute atomic E-state index is 13.6. The van der Waals surface area contributed by atoms with Crippen molar-refractivity contribution in [3.8, 4) is 16.9 Å². The van der Waals surface area contributed by atoms with Crippen LogP contribution in [0.2, 0.25) is 0 Å². The molecule has 37 heavy (non-hydrogen) atoms. The minimum absolute atomic E-state index is 0.00635. The van der Waals surface area contributed by atoms with Gasteiger partial charge in [0.05, 0.1) is 19.6 Å². The summed E-state index contributed by atoms with van der Waals surface area (Å²) in [5, 5.41) is 2.97. The third-order valence-corrected chi connectivity index (χ3v) is 6.99. The number of halogens is 3. The maximum atomic E-state index is 13.6. The van der Waals surface area contributed by atoms with Crippen molar-refractivity contribution in [3.05, 3.63) is 69.9 Å². The molecule has 0 unspecified atom stereocenters. The quantitative estimate of drug-likeness (QED) is 0.278. The molecular weight excluding hydrogens is 505 g/mol. The number of nitrogens with one attached hydrogen (secondary N) is 1. The van der Waals surface area contributed by atoms with Crippen molar-refractivity contribution in [2.45, 2.75) is 32.5 Å². The van der Waals surface area contributed by atoms with E-state index in [2.05, 4.69) is 5.32 Å². The number of carbonyl (C=O) groups is 2. The monoisotopic (exact) mass is 532 g/mol. The Morgan fingerprint density at radius 2 is 1.89 bits per heavy atom. The van der Waals surface area contributed by atoms with Gasteiger partial charge in [0.1, 0.15) is 17.2 Å². The fourth-order valence-corrected chi connectivity index (χ4v) is 5.11. The van der Waals surface area contributed by atoms with Gasteiger partial charge in [0.15, 0.2) is 0 Å². The van der Waals surface area contributed by atoms with E-state index >= 15 is 0 Å². The average molecular weight is 533 g/mol. The number of thiophene rings is 1. The number of amides is 1. The van der Waals surface area contributed by atoms with E-state index in [0.717, 1.165) is 11.3 Å². The lowest BCUT2D eigenvalue weighted by molar-refractivity contribution is -0.143. The summed E-state index contributed by atoms with van der Waals surface area (Å²) in [5.41, 5.74) is 2.38. The second-order valence-corrected chi connectivity index (χ2v) is 9.56. The predicted octanol–water partition coefficient (Wildman–Crippen LogP) is 5.44. The summed E-state index contributed by atoms with van der Waals surface area (Å²) < 4.78 is 51.6. The van der Waals surface area contributed by atoms with E-state index in [1.807, 2.05) is 6.07 Å². The first-order valence-electron chi connectivity index (χ1n) is 11.9. The summed E-state index contributed by atoms with van der Waals surface area (Å²) in [5.74, 6) is 0.113. The molecule has 1 aliphatic rings. The molecule has 2 aromatic carbocycles. The van der Waals surface area contributed by atoms with Gasteiger partial charge < -0.3 is 19.7 Å². The van der Waals surface area contributed by atoms with Crippen LogP contribution in [0.25, 0.3) is 11.1 Å². The number of nitrogens with zero attached hydrogens (tertiary/aromatic N) is 1. The van der Waals surface area contributed by atoms with Crippen LogP contribution in [0.1, 0.15) is 28.7 Å². The van der Waals surface area contributed by atoms with Gasteiger partial charge >= 0.3 is 12.1 Å². The lowest BCUT2D eigenvalue weighted by Crippen LogP contribution is -2.37. The van der Waals surface area contributed by atoms with Gasteiger partial charge in [-0.05, 0) is 48.7 Å². The molecule has 0 aliphatic carbocycles. The largest absolute Gasteiger partial charge is 0.488 e. The fraction of sp³-hybridized carbons (Fsp3) is 0.333. The number of alkyl halides is 3.